The quantitative estimate of drug-likeness (QED) is 0.476. The van der Waals surface area contributed by atoms with Crippen molar-refractivity contribution in [3.8, 4) is 0 Å². The van der Waals surface area contributed by atoms with Gasteiger partial charge in [0.2, 0.25) is 0 Å². The molecular formula is C22H33IN6O. The van der Waals surface area contributed by atoms with Crippen LogP contribution in [0, 0.1) is 0 Å². The minimum atomic E-state index is -0.0732. The van der Waals surface area contributed by atoms with Crippen LogP contribution < -0.4 is 10.2 Å². The lowest BCUT2D eigenvalue weighted by atomic mass is 10.0. The Labute approximate surface area is 192 Å². The van der Waals surface area contributed by atoms with E-state index in [1.54, 1.807) is 0 Å². The molecule has 0 atom stereocenters. The van der Waals surface area contributed by atoms with Crippen molar-refractivity contribution in [1.82, 2.24) is 25.0 Å². The summed E-state index contributed by atoms with van der Waals surface area (Å²) in [5, 5.41) is 8.70. The zero-order valence-corrected chi connectivity index (χ0v) is 20.3. The average Bonchev–Trinajstić information content (AvgIpc) is 2.92. The topological polar surface area (TPSA) is 66.3 Å². The van der Waals surface area contributed by atoms with E-state index in [4.69, 9.17) is 4.98 Å². The number of anilines is 1. The van der Waals surface area contributed by atoms with Crippen LogP contribution in [-0.4, -0.2) is 63.8 Å². The molecule has 0 spiro atoms. The SMILES string of the molecule is CC(C)N1CCC(NC(=O)c2nn(CI)c3nc(N4CCCCCC4)ccc23)CC1. The molecule has 0 unspecified atom stereocenters. The predicted molar refractivity (Wildman–Crippen MR) is 129 cm³/mol. The van der Waals surface area contributed by atoms with E-state index in [2.05, 4.69) is 62.7 Å². The molecule has 8 heteroatoms. The number of hydrogen-bond donors (Lipinski definition) is 1. The molecule has 30 heavy (non-hydrogen) atoms. The van der Waals surface area contributed by atoms with Crippen LogP contribution in [0.15, 0.2) is 12.1 Å². The second-order valence-electron chi connectivity index (χ2n) is 8.79. The molecule has 0 bridgehead atoms. The first-order valence-corrected chi connectivity index (χ1v) is 12.8. The summed E-state index contributed by atoms with van der Waals surface area (Å²) in [5.74, 6) is 0.930. The van der Waals surface area contributed by atoms with Crippen molar-refractivity contribution in [2.24, 2.45) is 0 Å². The van der Waals surface area contributed by atoms with Crippen LogP contribution in [0.4, 0.5) is 5.82 Å². The number of hydrogen-bond acceptors (Lipinski definition) is 5. The standard InChI is InChI=1S/C22H33IN6O/c1-16(2)27-13-9-17(10-14-27)24-22(30)20-18-7-8-19(25-21(18)29(15-23)26-20)28-11-5-3-4-6-12-28/h7-8,16-17H,3-6,9-15H2,1-2H3,(H,24,30). The third kappa shape index (κ3) is 4.74. The number of halogens is 1. The van der Waals surface area contributed by atoms with Crippen LogP contribution >= 0.6 is 22.6 Å². The van der Waals surface area contributed by atoms with Gasteiger partial charge in [-0.3, -0.25) is 4.79 Å². The van der Waals surface area contributed by atoms with E-state index in [-0.39, 0.29) is 11.9 Å². The highest BCUT2D eigenvalue weighted by Crippen LogP contribution is 2.24. The summed E-state index contributed by atoms with van der Waals surface area (Å²) in [6, 6.07) is 4.88. The molecule has 2 aliphatic heterocycles. The predicted octanol–water partition coefficient (Wildman–Crippen LogP) is 3.81. The number of nitrogens with zero attached hydrogens (tertiary/aromatic N) is 5. The number of likely N-dealkylation sites (tertiary alicyclic amines) is 1. The number of carbonyl (C=O) groups is 1. The fourth-order valence-electron chi connectivity index (χ4n) is 4.58. The van der Waals surface area contributed by atoms with Crippen LogP contribution in [-0.2, 0) is 4.55 Å². The van der Waals surface area contributed by atoms with Gasteiger partial charge >= 0.3 is 0 Å². The lowest BCUT2D eigenvalue weighted by molar-refractivity contribution is 0.0896. The van der Waals surface area contributed by atoms with Crippen molar-refractivity contribution in [3.63, 3.8) is 0 Å². The smallest absolute Gasteiger partial charge is 0.272 e. The third-order valence-corrected chi connectivity index (χ3v) is 7.08. The number of alkyl halides is 1. The molecule has 0 aromatic carbocycles. The van der Waals surface area contributed by atoms with Crippen molar-refractivity contribution in [2.45, 2.75) is 69.0 Å². The number of piperidine rings is 1. The zero-order chi connectivity index (χ0) is 21.1. The number of nitrogens with one attached hydrogen (secondary N) is 1. The number of amides is 1. The first-order valence-electron chi connectivity index (χ1n) is 11.3. The summed E-state index contributed by atoms with van der Waals surface area (Å²) < 4.78 is 2.53. The second-order valence-corrected chi connectivity index (χ2v) is 9.47. The Bertz CT molecular complexity index is 866. The Morgan fingerprint density at radius 2 is 1.83 bits per heavy atom. The maximum atomic E-state index is 13.1. The van der Waals surface area contributed by atoms with Gasteiger partial charge in [-0.1, -0.05) is 35.4 Å². The van der Waals surface area contributed by atoms with Gasteiger partial charge in [-0.15, -0.1) is 0 Å². The molecule has 1 amide bonds. The van der Waals surface area contributed by atoms with Crippen LogP contribution in [0.25, 0.3) is 11.0 Å². The van der Waals surface area contributed by atoms with Crippen LogP contribution in [0.5, 0.6) is 0 Å². The first-order chi connectivity index (χ1) is 14.6. The molecule has 7 nitrogen and oxygen atoms in total. The van der Waals surface area contributed by atoms with Crippen molar-refractivity contribution >= 4 is 45.3 Å². The number of aromatic nitrogens is 3. The fraction of sp³-hybridized carbons (Fsp3) is 0.682. The van der Waals surface area contributed by atoms with Gasteiger partial charge in [0, 0.05) is 38.3 Å². The number of pyridine rings is 1. The van der Waals surface area contributed by atoms with E-state index < -0.39 is 0 Å². The van der Waals surface area contributed by atoms with E-state index in [0.29, 0.717) is 16.3 Å². The van der Waals surface area contributed by atoms with Crippen LogP contribution in [0.1, 0.15) is 62.9 Å². The highest BCUT2D eigenvalue weighted by atomic mass is 127. The van der Waals surface area contributed by atoms with Gasteiger partial charge in [0.05, 0.1) is 9.94 Å². The fourth-order valence-corrected chi connectivity index (χ4v) is 5.06. The molecule has 0 aliphatic carbocycles. The van der Waals surface area contributed by atoms with Gasteiger partial charge < -0.3 is 15.1 Å². The van der Waals surface area contributed by atoms with Crippen LogP contribution in [0.2, 0.25) is 0 Å². The normalized spacial score (nSPS) is 19.4. The molecule has 1 N–H and O–H groups in total. The molecule has 2 aromatic heterocycles. The highest BCUT2D eigenvalue weighted by Gasteiger charge is 2.25. The van der Waals surface area contributed by atoms with Gasteiger partial charge in [-0.2, -0.15) is 5.10 Å². The maximum absolute atomic E-state index is 13.1. The van der Waals surface area contributed by atoms with Gasteiger partial charge in [0.25, 0.3) is 5.91 Å². The summed E-state index contributed by atoms with van der Waals surface area (Å²) in [6.07, 6.45) is 7.01. The number of fused-ring (bicyclic) bond motifs is 1. The molecule has 2 saturated heterocycles. The Hall–Kier alpha value is -1.42. The summed E-state index contributed by atoms with van der Waals surface area (Å²) >= 11 is 2.28. The monoisotopic (exact) mass is 524 g/mol. The average molecular weight is 524 g/mol. The van der Waals surface area contributed by atoms with Crippen molar-refractivity contribution in [3.05, 3.63) is 17.8 Å². The molecule has 4 rings (SSSR count). The minimum absolute atomic E-state index is 0.0732. The molecule has 2 fully saturated rings. The minimum Gasteiger partial charge on any atom is -0.357 e. The van der Waals surface area contributed by atoms with Gasteiger partial charge in [-0.25, -0.2) is 9.67 Å². The molecule has 0 saturated carbocycles. The molecule has 4 heterocycles. The van der Waals surface area contributed by atoms with E-state index in [9.17, 15) is 4.79 Å². The van der Waals surface area contributed by atoms with Gasteiger partial charge in [0.15, 0.2) is 11.3 Å². The van der Waals surface area contributed by atoms with E-state index in [1.807, 2.05) is 10.7 Å². The van der Waals surface area contributed by atoms with E-state index in [0.717, 1.165) is 55.9 Å². The molecular weight excluding hydrogens is 491 g/mol. The van der Waals surface area contributed by atoms with Gasteiger partial charge in [-0.05, 0) is 51.7 Å². The van der Waals surface area contributed by atoms with Crippen molar-refractivity contribution in [2.75, 3.05) is 31.1 Å². The number of rotatable bonds is 5. The Morgan fingerprint density at radius 1 is 1.13 bits per heavy atom. The summed E-state index contributed by atoms with van der Waals surface area (Å²) in [5.41, 5.74) is 1.31. The van der Waals surface area contributed by atoms with Crippen LogP contribution in [0.3, 0.4) is 0 Å². The third-order valence-electron chi connectivity index (χ3n) is 6.43. The largest absolute Gasteiger partial charge is 0.357 e. The zero-order valence-electron chi connectivity index (χ0n) is 18.1. The Kier molecular flexibility index (Phi) is 7.12. The highest BCUT2D eigenvalue weighted by molar-refractivity contribution is 14.1. The van der Waals surface area contributed by atoms with E-state index in [1.165, 1.54) is 25.7 Å². The summed E-state index contributed by atoms with van der Waals surface area (Å²) in [4.78, 5) is 22.8. The molecule has 2 aliphatic rings. The Balaban J connectivity index is 1.52. The molecule has 2 aromatic rings. The summed E-state index contributed by atoms with van der Waals surface area (Å²) in [6.45, 7) is 8.64. The molecule has 0 radical (unpaired) electrons. The lowest BCUT2D eigenvalue weighted by Crippen LogP contribution is -2.46. The summed E-state index contributed by atoms with van der Waals surface area (Å²) in [7, 11) is 0. The maximum Gasteiger partial charge on any atom is 0.272 e. The van der Waals surface area contributed by atoms with E-state index >= 15 is 0 Å². The lowest BCUT2D eigenvalue weighted by Gasteiger charge is -2.34. The Morgan fingerprint density at radius 3 is 2.47 bits per heavy atom. The first kappa shape index (κ1) is 21.8. The van der Waals surface area contributed by atoms with Crippen molar-refractivity contribution < 1.29 is 4.79 Å². The number of carbonyl (C=O) groups excluding carboxylic acids is 1. The second kappa shape index (κ2) is 9.80. The van der Waals surface area contributed by atoms with Gasteiger partial charge in [0.1, 0.15) is 5.82 Å². The van der Waals surface area contributed by atoms with Crippen molar-refractivity contribution in [1.29, 1.82) is 0 Å². The molecule has 164 valence electrons.